The SMILES string of the molecule is NCCCC[C@H](NC(=O)OCc1ccccc1)C(=O)c1noc(Cc2ccc(C(=O)NC/C=C/c3ccccc3)cc2)n1. The van der Waals surface area contributed by atoms with Gasteiger partial charge in [0.1, 0.15) is 6.61 Å². The largest absolute Gasteiger partial charge is 0.445 e. The van der Waals surface area contributed by atoms with Crippen LogP contribution in [0, 0.1) is 0 Å². The summed E-state index contributed by atoms with van der Waals surface area (Å²) in [6.07, 6.45) is 5.07. The number of alkyl carbamates (subject to hydrolysis) is 1. The molecule has 4 aromatic rings. The van der Waals surface area contributed by atoms with Gasteiger partial charge in [-0.15, -0.1) is 0 Å². The number of nitrogens with one attached hydrogen (secondary N) is 2. The quantitative estimate of drug-likeness (QED) is 0.135. The predicted molar refractivity (Wildman–Crippen MR) is 162 cm³/mol. The third-order valence-corrected chi connectivity index (χ3v) is 6.52. The summed E-state index contributed by atoms with van der Waals surface area (Å²) in [6, 6.07) is 25.2. The maximum atomic E-state index is 13.2. The second-order valence-corrected chi connectivity index (χ2v) is 9.82. The molecule has 4 rings (SSSR count). The van der Waals surface area contributed by atoms with Gasteiger partial charge in [-0.2, -0.15) is 4.98 Å². The molecule has 0 saturated carbocycles. The van der Waals surface area contributed by atoms with Crippen molar-refractivity contribution in [1.29, 1.82) is 0 Å². The summed E-state index contributed by atoms with van der Waals surface area (Å²) < 4.78 is 10.6. The number of ketones is 1. The minimum Gasteiger partial charge on any atom is -0.445 e. The normalized spacial score (nSPS) is 11.7. The molecule has 10 heteroatoms. The first-order chi connectivity index (χ1) is 21.0. The molecule has 0 fully saturated rings. The van der Waals surface area contributed by atoms with Crippen molar-refractivity contribution in [3.05, 3.63) is 125 Å². The van der Waals surface area contributed by atoms with Gasteiger partial charge in [0.25, 0.3) is 5.91 Å². The lowest BCUT2D eigenvalue weighted by atomic mass is 10.0. The summed E-state index contributed by atoms with van der Waals surface area (Å²) in [6.45, 7) is 0.951. The number of hydrogen-bond acceptors (Lipinski definition) is 8. The number of aromatic nitrogens is 2. The van der Waals surface area contributed by atoms with E-state index in [0.717, 1.165) is 16.7 Å². The van der Waals surface area contributed by atoms with Crippen molar-refractivity contribution < 1.29 is 23.6 Å². The number of ether oxygens (including phenoxy) is 1. The number of nitrogens with zero attached hydrogens (tertiary/aromatic N) is 2. The van der Waals surface area contributed by atoms with E-state index in [4.69, 9.17) is 15.0 Å². The van der Waals surface area contributed by atoms with Crippen molar-refractivity contribution >= 4 is 23.9 Å². The molecule has 0 aliphatic carbocycles. The van der Waals surface area contributed by atoms with Crippen LogP contribution in [-0.2, 0) is 17.8 Å². The Bertz CT molecular complexity index is 1490. The van der Waals surface area contributed by atoms with Crippen molar-refractivity contribution in [2.45, 2.75) is 38.3 Å². The molecule has 0 radical (unpaired) electrons. The third kappa shape index (κ3) is 10.0. The predicted octanol–water partition coefficient (Wildman–Crippen LogP) is 4.71. The van der Waals surface area contributed by atoms with Gasteiger partial charge >= 0.3 is 6.09 Å². The lowest BCUT2D eigenvalue weighted by Gasteiger charge is -2.16. The number of rotatable bonds is 15. The Kier molecular flexibility index (Phi) is 11.8. The molecule has 1 aromatic heterocycles. The topological polar surface area (TPSA) is 149 Å². The first-order valence-corrected chi connectivity index (χ1v) is 14.1. The van der Waals surface area contributed by atoms with Gasteiger partial charge in [-0.1, -0.05) is 90.1 Å². The van der Waals surface area contributed by atoms with Gasteiger partial charge < -0.3 is 25.6 Å². The van der Waals surface area contributed by atoms with Gasteiger partial charge in [-0.05, 0) is 54.6 Å². The van der Waals surface area contributed by atoms with Gasteiger partial charge in [0.05, 0.1) is 12.5 Å². The van der Waals surface area contributed by atoms with Crippen LogP contribution in [0.4, 0.5) is 4.79 Å². The van der Waals surface area contributed by atoms with E-state index in [1.54, 1.807) is 24.3 Å². The van der Waals surface area contributed by atoms with Crippen LogP contribution >= 0.6 is 0 Å². The van der Waals surface area contributed by atoms with Crippen LogP contribution in [0.2, 0.25) is 0 Å². The van der Waals surface area contributed by atoms with E-state index in [-0.39, 0.29) is 30.7 Å². The fourth-order valence-electron chi connectivity index (χ4n) is 4.21. The highest BCUT2D eigenvalue weighted by atomic mass is 16.5. The monoisotopic (exact) mass is 581 g/mol. The molecule has 10 nitrogen and oxygen atoms in total. The Morgan fingerprint density at radius 2 is 1.63 bits per heavy atom. The molecule has 1 atom stereocenters. The van der Waals surface area contributed by atoms with E-state index < -0.39 is 17.9 Å². The van der Waals surface area contributed by atoms with E-state index in [1.165, 1.54) is 0 Å². The molecule has 0 aliphatic heterocycles. The number of amides is 2. The molecule has 43 heavy (non-hydrogen) atoms. The van der Waals surface area contributed by atoms with Crippen LogP contribution in [0.1, 0.15) is 62.8 Å². The smallest absolute Gasteiger partial charge is 0.408 e. The van der Waals surface area contributed by atoms with Gasteiger partial charge in [0, 0.05) is 12.1 Å². The molecule has 0 saturated heterocycles. The van der Waals surface area contributed by atoms with Crippen molar-refractivity contribution in [1.82, 2.24) is 20.8 Å². The zero-order valence-electron chi connectivity index (χ0n) is 23.8. The Balaban J connectivity index is 1.29. The highest BCUT2D eigenvalue weighted by Crippen LogP contribution is 2.13. The molecule has 3 aromatic carbocycles. The fourth-order valence-corrected chi connectivity index (χ4v) is 4.21. The Labute approximate surface area is 250 Å². The lowest BCUT2D eigenvalue weighted by molar-refractivity contribution is 0.0896. The zero-order chi connectivity index (χ0) is 30.3. The molecule has 2 amide bonds. The van der Waals surface area contributed by atoms with Gasteiger partial charge in [0.15, 0.2) is 0 Å². The van der Waals surface area contributed by atoms with Crippen LogP contribution in [0.25, 0.3) is 6.08 Å². The minimum absolute atomic E-state index is 0.0779. The highest BCUT2D eigenvalue weighted by Gasteiger charge is 2.27. The van der Waals surface area contributed by atoms with Crippen molar-refractivity contribution in [2.24, 2.45) is 5.73 Å². The van der Waals surface area contributed by atoms with Gasteiger partial charge in [-0.25, -0.2) is 4.79 Å². The summed E-state index contributed by atoms with van der Waals surface area (Å²) in [5.41, 5.74) is 8.84. The van der Waals surface area contributed by atoms with Crippen molar-refractivity contribution in [2.75, 3.05) is 13.1 Å². The molecule has 0 unspecified atom stereocenters. The molecule has 4 N–H and O–H groups in total. The van der Waals surface area contributed by atoms with E-state index in [0.29, 0.717) is 37.9 Å². The van der Waals surface area contributed by atoms with Crippen LogP contribution in [-0.4, -0.2) is 47.1 Å². The molecule has 222 valence electrons. The number of Topliss-reactive ketones (excluding diaryl/α,β-unsaturated/α-hetero) is 1. The van der Waals surface area contributed by atoms with E-state index in [1.807, 2.05) is 72.8 Å². The Hall–Kier alpha value is -5.09. The molecular weight excluding hydrogens is 546 g/mol. The van der Waals surface area contributed by atoms with E-state index in [2.05, 4.69) is 20.8 Å². The molecule has 0 aliphatic rings. The van der Waals surface area contributed by atoms with Crippen molar-refractivity contribution in [3.63, 3.8) is 0 Å². The molecule has 0 bridgehead atoms. The lowest BCUT2D eigenvalue weighted by Crippen LogP contribution is -2.41. The maximum Gasteiger partial charge on any atom is 0.408 e. The fraction of sp³-hybridized carbons (Fsp3) is 0.242. The first kappa shape index (κ1) is 30.9. The van der Waals surface area contributed by atoms with Crippen LogP contribution in [0.3, 0.4) is 0 Å². The average molecular weight is 582 g/mol. The summed E-state index contributed by atoms with van der Waals surface area (Å²) in [7, 11) is 0. The molecule has 1 heterocycles. The maximum absolute atomic E-state index is 13.2. The third-order valence-electron chi connectivity index (χ3n) is 6.52. The number of nitrogens with two attached hydrogens (primary N) is 1. The summed E-state index contributed by atoms with van der Waals surface area (Å²) >= 11 is 0. The highest BCUT2D eigenvalue weighted by molar-refractivity contribution is 5.98. The number of carbonyl (C=O) groups is 3. The van der Waals surface area contributed by atoms with Crippen LogP contribution in [0.15, 0.2) is 95.5 Å². The first-order valence-electron chi connectivity index (χ1n) is 14.1. The summed E-state index contributed by atoms with van der Waals surface area (Å²) in [5, 5.41) is 9.34. The minimum atomic E-state index is -0.888. The van der Waals surface area contributed by atoms with E-state index in [9.17, 15) is 14.4 Å². The van der Waals surface area contributed by atoms with E-state index >= 15 is 0 Å². The second-order valence-electron chi connectivity index (χ2n) is 9.82. The van der Waals surface area contributed by atoms with Crippen LogP contribution < -0.4 is 16.4 Å². The Morgan fingerprint density at radius 1 is 0.907 bits per heavy atom. The summed E-state index contributed by atoms with van der Waals surface area (Å²) in [5.74, 6) is -0.558. The second kappa shape index (κ2) is 16.4. The summed E-state index contributed by atoms with van der Waals surface area (Å²) in [4.78, 5) is 42.4. The standard InChI is InChI=1S/C33H35N5O5/c34-20-8-7-15-28(36-33(41)42-23-26-12-5-2-6-13-26)30(39)31-37-29(43-38-31)22-25-16-18-27(19-17-25)32(40)35-21-9-14-24-10-3-1-4-11-24/h1-6,9-14,16-19,28H,7-8,15,20-23,34H2,(H,35,40)(H,36,41)/b14-9+/t28-/m0/s1. The molecule has 0 spiro atoms. The number of carbonyl (C=O) groups excluding carboxylic acids is 3. The van der Waals surface area contributed by atoms with Crippen LogP contribution in [0.5, 0.6) is 0 Å². The number of unbranched alkanes of at least 4 members (excludes halogenated alkanes) is 1. The average Bonchev–Trinajstić information content (AvgIpc) is 3.51. The Morgan fingerprint density at radius 3 is 2.35 bits per heavy atom. The van der Waals surface area contributed by atoms with Gasteiger partial charge in [0.2, 0.25) is 17.5 Å². The van der Waals surface area contributed by atoms with Gasteiger partial charge in [-0.3, -0.25) is 9.59 Å². The zero-order valence-corrected chi connectivity index (χ0v) is 23.8. The van der Waals surface area contributed by atoms with Crippen molar-refractivity contribution in [3.8, 4) is 0 Å². The number of hydrogen-bond donors (Lipinski definition) is 3. The molecular formula is C33H35N5O5. The number of benzene rings is 3.